The molecule has 2 rings (SSSR count). The van der Waals surface area contributed by atoms with Gasteiger partial charge in [-0.3, -0.25) is 0 Å². The summed E-state index contributed by atoms with van der Waals surface area (Å²) in [4.78, 5) is 8.16. The van der Waals surface area contributed by atoms with Crippen molar-refractivity contribution in [3.8, 4) is 0 Å². The van der Waals surface area contributed by atoms with Gasteiger partial charge in [0.05, 0.1) is 6.04 Å². The summed E-state index contributed by atoms with van der Waals surface area (Å²) >= 11 is 2.39. The molecule has 0 saturated heterocycles. The zero-order valence-electron chi connectivity index (χ0n) is 9.81. The predicted molar refractivity (Wildman–Crippen MR) is 76.8 cm³/mol. The normalized spacial score (nSPS) is 12.4. The molecule has 17 heavy (non-hydrogen) atoms. The van der Waals surface area contributed by atoms with E-state index in [9.17, 15) is 0 Å². The van der Waals surface area contributed by atoms with Crippen LogP contribution in [0.5, 0.6) is 0 Å². The topological polar surface area (TPSA) is 37.8 Å². The van der Waals surface area contributed by atoms with E-state index < -0.39 is 0 Å². The molecule has 1 atom stereocenters. The molecule has 0 aliphatic rings. The number of rotatable bonds is 3. The summed E-state index contributed by atoms with van der Waals surface area (Å²) in [5.41, 5.74) is 3.64. The van der Waals surface area contributed by atoms with Crippen LogP contribution < -0.4 is 5.32 Å². The Morgan fingerprint density at radius 1 is 1.24 bits per heavy atom. The molecule has 88 valence electrons. The average Bonchev–Trinajstić information content (AvgIpc) is 2.37. The Morgan fingerprint density at radius 2 is 1.94 bits per heavy atom. The summed E-state index contributed by atoms with van der Waals surface area (Å²) in [7, 11) is 1.95. The van der Waals surface area contributed by atoms with Crippen LogP contribution in [-0.2, 0) is 0 Å². The Hall–Kier alpha value is -1.01. The van der Waals surface area contributed by atoms with E-state index >= 15 is 0 Å². The van der Waals surface area contributed by atoms with Crippen molar-refractivity contribution < 1.29 is 0 Å². The van der Waals surface area contributed by atoms with Crippen molar-refractivity contribution in [3.05, 3.63) is 57.2 Å². The van der Waals surface area contributed by atoms with Crippen molar-refractivity contribution in [1.29, 1.82) is 0 Å². The van der Waals surface area contributed by atoms with Crippen LogP contribution in [0.2, 0.25) is 0 Å². The Kier molecular flexibility index (Phi) is 4.06. The minimum Gasteiger partial charge on any atom is -0.309 e. The molecule has 4 heteroatoms. The minimum absolute atomic E-state index is 0.142. The maximum absolute atomic E-state index is 4.08. The highest BCUT2D eigenvalue weighted by atomic mass is 127. The molecular formula is C13H14IN3. The van der Waals surface area contributed by atoms with Gasteiger partial charge in [0, 0.05) is 21.5 Å². The van der Waals surface area contributed by atoms with Gasteiger partial charge in [-0.2, -0.15) is 0 Å². The summed E-state index contributed by atoms with van der Waals surface area (Å²) in [6, 6.07) is 6.49. The number of benzene rings is 1. The molecule has 1 heterocycles. The quantitative estimate of drug-likeness (QED) is 0.874. The third-order valence-corrected chi connectivity index (χ3v) is 4.21. The Bertz CT molecular complexity index is 499. The number of hydrogen-bond donors (Lipinski definition) is 1. The van der Waals surface area contributed by atoms with Crippen molar-refractivity contribution >= 4 is 22.6 Å². The first kappa shape index (κ1) is 12.4. The standard InChI is InChI=1S/C13H14IN3/c1-9-4-3-5-11(12(9)14)13(15-2)10-6-16-8-17-7-10/h3-8,13,15H,1-2H3. The molecule has 3 nitrogen and oxygen atoms in total. The number of aromatic nitrogens is 2. The van der Waals surface area contributed by atoms with Crippen LogP contribution in [0, 0.1) is 10.5 Å². The molecule has 0 fully saturated rings. The maximum atomic E-state index is 4.08. The Balaban J connectivity index is 2.46. The molecule has 1 aromatic carbocycles. The van der Waals surface area contributed by atoms with Crippen LogP contribution in [0.1, 0.15) is 22.7 Å². The maximum Gasteiger partial charge on any atom is 0.115 e. The second-order valence-electron chi connectivity index (χ2n) is 3.87. The molecule has 0 aliphatic heterocycles. The number of nitrogens with zero attached hydrogens (tertiary/aromatic N) is 2. The molecule has 1 unspecified atom stereocenters. The third kappa shape index (κ3) is 2.63. The first-order valence-electron chi connectivity index (χ1n) is 5.41. The first-order chi connectivity index (χ1) is 8.24. The van der Waals surface area contributed by atoms with Crippen molar-refractivity contribution in [2.24, 2.45) is 0 Å². The third-order valence-electron chi connectivity index (χ3n) is 2.74. The second kappa shape index (κ2) is 5.55. The van der Waals surface area contributed by atoms with E-state index in [-0.39, 0.29) is 6.04 Å². The van der Waals surface area contributed by atoms with Crippen LogP contribution in [0.3, 0.4) is 0 Å². The molecule has 0 spiro atoms. The lowest BCUT2D eigenvalue weighted by Gasteiger charge is -2.18. The largest absolute Gasteiger partial charge is 0.309 e. The second-order valence-corrected chi connectivity index (χ2v) is 4.95. The van der Waals surface area contributed by atoms with E-state index in [1.54, 1.807) is 6.33 Å². The summed E-state index contributed by atoms with van der Waals surface area (Å²) < 4.78 is 1.29. The lowest BCUT2D eigenvalue weighted by Crippen LogP contribution is -2.19. The van der Waals surface area contributed by atoms with E-state index in [4.69, 9.17) is 0 Å². The summed E-state index contributed by atoms with van der Waals surface area (Å²) in [6.07, 6.45) is 5.26. The van der Waals surface area contributed by atoms with E-state index in [0.717, 1.165) is 5.56 Å². The van der Waals surface area contributed by atoms with Crippen molar-refractivity contribution in [3.63, 3.8) is 0 Å². The summed E-state index contributed by atoms with van der Waals surface area (Å²) in [6.45, 7) is 2.12. The highest BCUT2D eigenvalue weighted by Gasteiger charge is 2.15. The number of halogens is 1. The van der Waals surface area contributed by atoms with Crippen molar-refractivity contribution in [2.45, 2.75) is 13.0 Å². The fourth-order valence-corrected chi connectivity index (χ4v) is 2.53. The molecule has 0 saturated carbocycles. The first-order valence-corrected chi connectivity index (χ1v) is 6.49. The van der Waals surface area contributed by atoms with E-state index in [1.807, 2.05) is 19.4 Å². The van der Waals surface area contributed by atoms with Gasteiger partial charge in [0.25, 0.3) is 0 Å². The van der Waals surface area contributed by atoms with Crippen LogP contribution in [-0.4, -0.2) is 17.0 Å². The molecule has 1 N–H and O–H groups in total. The lowest BCUT2D eigenvalue weighted by atomic mass is 10.00. The van der Waals surface area contributed by atoms with Crippen LogP contribution in [0.15, 0.2) is 36.9 Å². The van der Waals surface area contributed by atoms with E-state index in [0.29, 0.717) is 0 Å². The van der Waals surface area contributed by atoms with Gasteiger partial charge in [-0.25, -0.2) is 9.97 Å². The smallest absolute Gasteiger partial charge is 0.115 e. The van der Waals surface area contributed by atoms with Gasteiger partial charge in [-0.15, -0.1) is 0 Å². The molecule has 1 aromatic heterocycles. The highest BCUT2D eigenvalue weighted by molar-refractivity contribution is 14.1. The number of hydrogen-bond acceptors (Lipinski definition) is 3. The zero-order valence-corrected chi connectivity index (χ0v) is 12.0. The van der Waals surface area contributed by atoms with Crippen molar-refractivity contribution in [2.75, 3.05) is 7.05 Å². The van der Waals surface area contributed by atoms with Gasteiger partial charge in [-0.1, -0.05) is 18.2 Å². The van der Waals surface area contributed by atoms with Gasteiger partial charge in [0.15, 0.2) is 0 Å². The monoisotopic (exact) mass is 339 g/mol. The predicted octanol–water partition coefficient (Wildman–Crippen LogP) is 2.70. The number of aryl methyl sites for hydroxylation is 1. The van der Waals surface area contributed by atoms with Gasteiger partial charge in [-0.05, 0) is 47.7 Å². The van der Waals surface area contributed by atoms with Gasteiger partial charge < -0.3 is 5.32 Å². The molecule has 0 bridgehead atoms. The fourth-order valence-electron chi connectivity index (χ4n) is 1.85. The summed E-state index contributed by atoms with van der Waals surface area (Å²) in [5, 5.41) is 3.32. The van der Waals surface area contributed by atoms with Crippen molar-refractivity contribution in [1.82, 2.24) is 15.3 Å². The van der Waals surface area contributed by atoms with Crippen LogP contribution in [0.25, 0.3) is 0 Å². The molecular weight excluding hydrogens is 325 g/mol. The van der Waals surface area contributed by atoms with E-state index in [1.165, 1.54) is 14.7 Å². The van der Waals surface area contributed by atoms with Gasteiger partial charge in [0.1, 0.15) is 6.33 Å². The average molecular weight is 339 g/mol. The van der Waals surface area contributed by atoms with Gasteiger partial charge >= 0.3 is 0 Å². The SMILES string of the molecule is CNC(c1cncnc1)c1cccc(C)c1I. The van der Waals surface area contributed by atoms with Gasteiger partial charge in [0.2, 0.25) is 0 Å². The molecule has 0 amide bonds. The fraction of sp³-hybridized carbons (Fsp3) is 0.231. The number of nitrogens with one attached hydrogen (secondary N) is 1. The Labute approximate surface area is 115 Å². The van der Waals surface area contributed by atoms with Crippen LogP contribution >= 0.6 is 22.6 Å². The Morgan fingerprint density at radius 3 is 2.59 bits per heavy atom. The summed E-state index contributed by atoms with van der Waals surface area (Å²) in [5.74, 6) is 0. The van der Waals surface area contributed by atoms with E-state index in [2.05, 4.69) is 63.0 Å². The molecule has 0 aliphatic carbocycles. The zero-order chi connectivity index (χ0) is 12.3. The minimum atomic E-state index is 0.142. The van der Waals surface area contributed by atoms with Crippen LogP contribution in [0.4, 0.5) is 0 Å². The lowest BCUT2D eigenvalue weighted by molar-refractivity contribution is 0.681. The highest BCUT2D eigenvalue weighted by Crippen LogP contribution is 2.26. The molecule has 2 aromatic rings. The molecule has 0 radical (unpaired) electrons.